The molecule has 0 atom stereocenters. The van der Waals surface area contributed by atoms with Crippen LogP contribution in [-0.2, 0) is 0 Å². The van der Waals surface area contributed by atoms with Gasteiger partial charge >= 0.3 is 0 Å². The molecule has 0 unspecified atom stereocenters. The van der Waals surface area contributed by atoms with E-state index in [2.05, 4.69) is 25.8 Å². The average Bonchev–Trinajstić information content (AvgIpc) is 1.96. The number of aliphatic imine (C=N–C) groups is 1. The maximum absolute atomic E-state index is 11.8. The van der Waals surface area contributed by atoms with Gasteiger partial charge in [-0.1, -0.05) is 20.8 Å². The number of nitrogens with zero attached hydrogens (tertiary/aromatic N) is 1. The molecule has 72 valence electrons. The largest absolute Gasteiger partial charge is 0.385 e. The van der Waals surface area contributed by atoms with Crippen LogP contribution < -0.4 is 5.73 Å². The van der Waals surface area contributed by atoms with Gasteiger partial charge in [-0.2, -0.15) is 0 Å². The van der Waals surface area contributed by atoms with Crippen LogP contribution in [0.5, 0.6) is 0 Å². The molecule has 0 bridgehead atoms. The SMILES string of the molecule is CC(C)(C)CCCN=C(N)CF. The second-order valence-corrected chi connectivity index (χ2v) is 4.17. The molecule has 3 heteroatoms. The predicted octanol–water partition coefficient (Wildman–Crippen LogP) is 2.14. The molecule has 2 N–H and O–H groups in total. The minimum atomic E-state index is -0.629. The quantitative estimate of drug-likeness (QED) is 0.396. The summed E-state index contributed by atoms with van der Waals surface area (Å²) in [4.78, 5) is 3.87. The summed E-state index contributed by atoms with van der Waals surface area (Å²) in [7, 11) is 0. The second-order valence-electron chi connectivity index (χ2n) is 4.17. The molecular formula is C9H19FN2. The zero-order valence-corrected chi connectivity index (χ0v) is 8.23. The molecule has 0 aromatic carbocycles. The molecule has 0 spiro atoms. The Morgan fingerprint density at radius 2 is 2.00 bits per heavy atom. The Balaban J connectivity index is 3.45. The van der Waals surface area contributed by atoms with Crippen molar-refractivity contribution in [2.45, 2.75) is 33.6 Å². The monoisotopic (exact) mass is 174 g/mol. The Hall–Kier alpha value is -0.600. The predicted molar refractivity (Wildman–Crippen MR) is 51.2 cm³/mol. The molecule has 0 radical (unpaired) electrons. The fraction of sp³-hybridized carbons (Fsp3) is 0.889. The Bertz CT molecular complexity index is 147. The lowest BCUT2D eigenvalue weighted by Crippen LogP contribution is -2.14. The van der Waals surface area contributed by atoms with E-state index in [-0.39, 0.29) is 5.84 Å². The van der Waals surface area contributed by atoms with E-state index in [0.717, 1.165) is 12.8 Å². The summed E-state index contributed by atoms with van der Waals surface area (Å²) in [5, 5.41) is 0. The number of amidine groups is 1. The minimum absolute atomic E-state index is 0.115. The first-order valence-electron chi connectivity index (χ1n) is 4.30. The third kappa shape index (κ3) is 7.51. The lowest BCUT2D eigenvalue weighted by Gasteiger charge is -2.16. The molecule has 0 saturated carbocycles. The maximum Gasteiger partial charge on any atom is 0.146 e. The van der Waals surface area contributed by atoms with Crippen molar-refractivity contribution < 1.29 is 4.39 Å². The first-order valence-corrected chi connectivity index (χ1v) is 4.30. The maximum atomic E-state index is 11.8. The summed E-state index contributed by atoms with van der Waals surface area (Å²) in [5.74, 6) is 0.115. The Morgan fingerprint density at radius 3 is 2.42 bits per heavy atom. The highest BCUT2D eigenvalue weighted by Gasteiger charge is 2.08. The summed E-state index contributed by atoms with van der Waals surface area (Å²) < 4.78 is 11.8. The van der Waals surface area contributed by atoms with E-state index in [9.17, 15) is 4.39 Å². The van der Waals surface area contributed by atoms with Crippen LogP contribution in [0.4, 0.5) is 4.39 Å². The van der Waals surface area contributed by atoms with E-state index in [1.54, 1.807) is 0 Å². The topological polar surface area (TPSA) is 38.4 Å². The van der Waals surface area contributed by atoms with Crippen LogP contribution in [0.2, 0.25) is 0 Å². The van der Waals surface area contributed by atoms with Gasteiger partial charge in [0, 0.05) is 6.54 Å². The highest BCUT2D eigenvalue weighted by Crippen LogP contribution is 2.20. The summed E-state index contributed by atoms with van der Waals surface area (Å²) in [6, 6.07) is 0. The normalized spacial score (nSPS) is 13.5. The van der Waals surface area contributed by atoms with Crippen molar-refractivity contribution in [3.05, 3.63) is 0 Å². The molecule has 0 aromatic heterocycles. The van der Waals surface area contributed by atoms with Crippen LogP contribution in [0.15, 0.2) is 4.99 Å². The standard InChI is InChI=1S/C9H19FN2/c1-9(2,3)5-4-6-12-8(11)7-10/h4-7H2,1-3H3,(H2,11,12). The Kier molecular flexibility index (Phi) is 4.86. The van der Waals surface area contributed by atoms with Crippen molar-refractivity contribution in [1.82, 2.24) is 0 Å². The average molecular weight is 174 g/mol. The number of halogens is 1. The van der Waals surface area contributed by atoms with Crippen LogP contribution in [0, 0.1) is 5.41 Å². The van der Waals surface area contributed by atoms with Crippen molar-refractivity contribution in [2.75, 3.05) is 13.2 Å². The Morgan fingerprint density at radius 1 is 1.42 bits per heavy atom. The highest BCUT2D eigenvalue weighted by atomic mass is 19.1. The van der Waals surface area contributed by atoms with Gasteiger partial charge in [0.1, 0.15) is 12.5 Å². The van der Waals surface area contributed by atoms with Crippen molar-refractivity contribution >= 4 is 5.84 Å². The van der Waals surface area contributed by atoms with Crippen molar-refractivity contribution in [3.8, 4) is 0 Å². The van der Waals surface area contributed by atoms with Crippen LogP contribution in [0.3, 0.4) is 0 Å². The van der Waals surface area contributed by atoms with Crippen molar-refractivity contribution in [3.63, 3.8) is 0 Å². The van der Waals surface area contributed by atoms with Gasteiger partial charge in [-0.05, 0) is 18.3 Å². The lowest BCUT2D eigenvalue weighted by molar-refractivity contribution is 0.368. The fourth-order valence-electron chi connectivity index (χ4n) is 0.874. The van der Waals surface area contributed by atoms with Crippen LogP contribution in [0.25, 0.3) is 0 Å². The van der Waals surface area contributed by atoms with Crippen LogP contribution in [0.1, 0.15) is 33.6 Å². The molecule has 0 rings (SSSR count). The molecule has 0 saturated heterocycles. The van der Waals surface area contributed by atoms with Gasteiger partial charge in [0.2, 0.25) is 0 Å². The minimum Gasteiger partial charge on any atom is -0.385 e. The number of hydrogen-bond acceptors (Lipinski definition) is 1. The third-order valence-electron chi connectivity index (χ3n) is 1.54. The molecule has 0 aliphatic carbocycles. The smallest absolute Gasteiger partial charge is 0.146 e. The second kappa shape index (κ2) is 5.12. The number of nitrogens with two attached hydrogens (primary N) is 1. The van der Waals surface area contributed by atoms with Crippen molar-refractivity contribution in [2.24, 2.45) is 16.1 Å². The highest BCUT2D eigenvalue weighted by molar-refractivity contribution is 5.81. The summed E-state index contributed by atoms with van der Waals surface area (Å²) >= 11 is 0. The molecule has 2 nitrogen and oxygen atoms in total. The van der Waals surface area contributed by atoms with Crippen LogP contribution >= 0.6 is 0 Å². The zero-order valence-electron chi connectivity index (χ0n) is 8.23. The van der Waals surface area contributed by atoms with E-state index in [1.165, 1.54) is 0 Å². The molecule has 0 aromatic rings. The van der Waals surface area contributed by atoms with Gasteiger partial charge in [0.05, 0.1) is 0 Å². The van der Waals surface area contributed by atoms with Crippen LogP contribution in [-0.4, -0.2) is 19.1 Å². The molecule has 0 aliphatic heterocycles. The van der Waals surface area contributed by atoms with E-state index < -0.39 is 6.67 Å². The fourth-order valence-corrected chi connectivity index (χ4v) is 0.874. The molecule has 0 heterocycles. The van der Waals surface area contributed by atoms with Gasteiger partial charge in [-0.3, -0.25) is 4.99 Å². The molecule has 12 heavy (non-hydrogen) atoms. The van der Waals surface area contributed by atoms with Crippen molar-refractivity contribution in [1.29, 1.82) is 0 Å². The summed E-state index contributed by atoms with van der Waals surface area (Å²) in [6.45, 7) is 6.54. The number of hydrogen-bond donors (Lipinski definition) is 1. The van der Waals surface area contributed by atoms with E-state index in [4.69, 9.17) is 5.73 Å². The van der Waals surface area contributed by atoms with Gasteiger partial charge in [0.15, 0.2) is 0 Å². The van der Waals surface area contributed by atoms with Gasteiger partial charge in [-0.25, -0.2) is 4.39 Å². The summed E-state index contributed by atoms with van der Waals surface area (Å²) in [6.07, 6.45) is 2.07. The summed E-state index contributed by atoms with van der Waals surface area (Å²) in [5.41, 5.74) is 5.53. The lowest BCUT2D eigenvalue weighted by atomic mass is 9.91. The Labute approximate surface area is 74.1 Å². The molecule has 0 amide bonds. The molecule has 0 aliphatic rings. The van der Waals surface area contributed by atoms with E-state index in [1.807, 2.05) is 0 Å². The first kappa shape index (κ1) is 11.4. The first-order chi connectivity index (χ1) is 5.45. The van der Waals surface area contributed by atoms with Gasteiger partial charge < -0.3 is 5.73 Å². The third-order valence-corrected chi connectivity index (χ3v) is 1.54. The van der Waals surface area contributed by atoms with E-state index >= 15 is 0 Å². The molecular weight excluding hydrogens is 155 g/mol. The van der Waals surface area contributed by atoms with Gasteiger partial charge in [-0.15, -0.1) is 0 Å². The van der Waals surface area contributed by atoms with Gasteiger partial charge in [0.25, 0.3) is 0 Å². The number of rotatable bonds is 4. The molecule has 0 fully saturated rings. The zero-order chi connectivity index (χ0) is 9.61. The van der Waals surface area contributed by atoms with E-state index in [0.29, 0.717) is 12.0 Å². The number of alkyl halides is 1.